The lowest BCUT2D eigenvalue weighted by molar-refractivity contribution is -0.126. The Bertz CT molecular complexity index is 1840. The van der Waals surface area contributed by atoms with Crippen molar-refractivity contribution in [3.63, 3.8) is 0 Å². The number of pyridine rings is 1. The van der Waals surface area contributed by atoms with Gasteiger partial charge in [-0.15, -0.1) is 0 Å². The molecule has 2 heterocycles. The molecule has 5 rings (SSSR count). The number of rotatable bonds is 12. The topological polar surface area (TPSA) is 133 Å². The number of amides is 2. The molecular weight excluding hydrogens is 606 g/mol. The van der Waals surface area contributed by atoms with Crippen LogP contribution in [0.25, 0.3) is 0 Å². The molecule has 2 N–H and O–H groups in total. The highest BCUT2D eigenvalue weighted by atomic mass is 32.2. The molecule has 4 aromatic rings. The van der Waals surface area contributed by atoms with Crippen LogP contribution in [0.1, 0.15) is 77.7 Å². The van der Waals surface area contributed by atoms with Gasteiger partial charge in [-0.2, -0.15) is 0 Å². The number of carbonyl (C=O) groups is 2. The first-order chi connectivity index (χ1) is 22.0. The van der Waals surface area contributed by atoms with Crippen LogP contribution in [-0.4, -0.2) is 32.0 Å². The molecule has 46 heavy (non-hydrogen) atoms. The third-order valence-electron chi connectivity index (χ3n) is 7.49. The van der Waals surface area contributed by atoms with Gasteiger partial charge < -0.3 is 19.5 Å². The number of sulfonamides is 1. The maximum Gasteiger partial charge on any atom is 0.279 e. The van der Waals surface area contributed by atoms with Crippen LogP contribution in [0.15, 0.2) is 83.8 Å². The maximum atomic E-state index is 13.7. The summed E-state index contributed by atoms with van der Waals surface area (Å²) in [6.07, 6.45) is -0.0933. The second-order valence-electron chi connectivity index (χ2n) is 11.3. The van der Waals surface area contributed by atoms with Crippen molar-refractivity contribution >= 4 is 21.8 Å². The number of hydrogen-bond donors (Lipinski definition) is 2. The zero-order valence-electron chi connectivity index (χ0n) is 26.2. The summed E-state index contributed by atoms with van der Waals surface area (Å²) >= 11 is 0. The summed E-state index contributed by atoms with van der Waals surface area (Å²) in [4.78, 5) is 31.2. The van der Waals surface area contributed by atoms with Crippen LogP contribution in [0.5, 0.6) is 17.2 Å². The van der Waals surface area contributed by atoms with Crippen molar-refractivity contribution in [1.29, 1.82) is 0 Å². The van der Waals surface area contributed by atoms with E-state index in [0.29, 0.717) is 40.4 Å². The number of fused-ring (bicyclic) bond motifs is 1. The van der Waals surface area contributed by atoms with Gasteiger partial charge in [0.25, 0.3) is 21.8 Å². The van der Waals surface area contributed by atoms with E-state index < -0.39 is 22.0 Å². The van der Waals surface area contributed by atoms with E-state index in [1.54, 1.807) is 48.5 Å². The number of nitrogens with zero attached hydrogens (tertiary/aromatic N) is 1. The highest BCUT2D eigenvalue weighted by Crippen LogP contribution is 2.36. The standard InChI is InChI=1S/C35H37N3O7S/c1-5-7-25-18-27(34(39)36-20-28-9-6-8-23(4)37-28)13-16-30(25)45-33(26-12-17-31-32(19-26)44-21-43-31)35(40)38-46(41,42)29-14-10-24(11-15-29)22(2)3/h6,8-19,22,33H,5,7,20-21H2,1-4H3,(H,36,39)(H,38,40). The highest BCUT2D eigenvalue weighted by molar-refractivity contribution is 7.90. The van der Waals surface area contributed by atoms with Crippen LogP contribution >= 0.6 is 0 Å². The summed E-state index contributed by atoms with van der Waals surface area (Å²) < 4.78 is 46.0. The van der Waals surface area contributed by atoms with Gasteiger partial charge in [0, 0.05) is 16.8 Å². The fraction of sp³-hybridized carbons (Fsp3) is 0.286. The van der Waals surface area contributed by atoms with Crippen LogP contribution in [0, 0.1) is 6.92 Å². The molecule has 240 valence electrons. The molecule has 1 unspecified atom stereocenters. The summed E-state index contributed by atoms with van der Waals surface area (Å²) in [7, 11) is -4.22. The summed E-state index contributed by atoms with van der Waals surface area (Å²) in [5, 5.41) is 2.89. The van der Waals surface area contributed by atoms with Crippen molar-refractivity contribution in [2.45, 2.75) is 64.0 Å². The zero-order valence-corrected chi connectivity index (χ0v) is 27.0. The molecule has 0 saturated carbocycles. The first-order valence-corrected chi connectivity index (χ1v) is 16.6. The monoisotopic (exact) mass is 643 g/mol. The molecule has 0 radical (unpaired) electrons. The molecule has 0 aliphatic carbocycles. The quantitative estimate of drug-likeness (QED) is 0.200. The van der Waals surface area contributed by atoms with Gasteiger partial charge >= 0.3 is 0 Å². The van der Waals surface area contributed by atoms with Crippen LogP contribution in [0.4, 0.5) is 0 Å². The lowest BCUT2D eigenvalue weighted by Gasteiger charge is -2.22. The molecule has 1 aliphatic rings. The summed E-state index contributed by atoms with van der Waals surface area (Å²) in [6.45, 7) is 8.18. The minimum atomic E-state index is -4.22. The van der Waals surface area contributed by atoms with Crippen LogP contribution < -0.4 is 24.2 Å². The van der Waals surface area contributed by atoms with Crippen LogP contribution in [0.2, 0.25) is 0 Å². The normalized spacial score (nSPS) is 12.9. The van der Waals surface area contributed by atoms with Crippen LogP contribution in [-0.2, 0) is 27.8 Å². The van der Waals surface area contributed by atoms with Crippen molar-refractivity contribution in [2.24, 2.45) is 0 Å². The van der Waals surface area contributed by atoms with Crippen molar-refractivity contribution in [3.8, 4) is 17.2 Å². The molecule has 11 heteroatoms. The van der Waals surface area contributed by atoms with E-state index >= 15 is 0 Å². The van der Waals surface area contributed by atoms with Crippen molar-refractivity contribution < 1.29 is 32.2 Å². The smallest absolute Gasteiger partial charge is 0.279 e. The Kier molecular flexibility index (Phi) is 9.91. The van der Waals surface area contributed by atoms with Crippen molar-refractivity contribution in [1.82, 2.24) is 15.0 Å². The third kappa shape index (κ3) is 7.66. The number of benzene rings is 3. The Morgan fingerprint density at radius 2 is 1.67 bits per heavy atom. The average Bonchev–Trinajstić information content (AvgIpc) is 3.51. The minimum Gasteiger partial charge on any atom is -0.475 e. The average molecular weight is 644 g/mol. The lowest BCUT2D eigenvalue weighted by Crippen LogP contribution is -2.37. The second kappa shape index (κ2) is 14.0. The third-order valence-corrected chi connectivity index (χ3v) is 8.86. The molecule has 10 nitrogen and oxygen atoms in total. The Morgan fingerprint density at radius 1 is 0.935 bits per heavy atom. The van der Waals surface area contributed by atoms with Gasteiger partial charge in [0.15, 0.2) is 11.5 Å². The molecular formula is C35H37N3O7S. The Morgan fingerprint density at radius 3 is 2.39 bits per heavy atom. The first kappa shape index (κ1) is 32.5. The molecule has 1 atom stereocenters. The molecule has 3 aromatic carbocycles. The number of nitrogens with one attached hydrogen (secondary N) is 2. The molecule has 1 aliphatic heterocycles. The predicted octanol–water partition coefficient (Wildman–Crippen LogP) is 5.75. The predicted molar refractivity (Wildman–Crippen MR) is 172 cm³/mol. The first-order valence-electron chi connectivity index (χ1n) is 15.1. The Balaban J connectivity index is 1.42. The summed E-state index contributed by atoms with van der Waals surface area (Å²) in [6, 6.07) is 21.8. The number of carbonyl (C=O) groups excluding carboxylic acids is 2. The van der Waals surface area contributed by atoms with E-state index in [1.807, 2.05) is 45.9 Å². The molecule has 0 spiro atoms. The Labute approximate surface area is 269 Å². The summed E-state index contributed by atoms with van der Waals surface area (Å²) in [5.74, 6) is 0.303. The van der Waals surface area contributed by atoms with E-state index in [9.17, 15) is 18.0 Å². The van der Waals surface area contributed by atoms with E-state index in [2.05, 4.69) is 15.0 Å². The van der Waals surface area contributed by atoms with Crippen molar-refractivity contribution in [3.05, 3.63) is 113 Å². The SMILES string of the molecule is CCCc1cc(C(=O)NCc2cccc(C)n2)ccc1OC(C(=O)NS(=O)(=O)c1ccc(C(C)C)cc1)c1ccc2c(c1)OCO2. The maximum absolute atomic E-state index is 13.7. The molecule has 2 amide bonds. The molecule has 0 saturated heterocycles. The van der Waals surface area contributed by atoms with Gasteiger partial charge in [0.1, 0.15) is 5.75 Å². The van der Waals surface area contributed by atoms with Crippen LogP contribution in [0.3, 0.4) is 0 Å². The van der Waals surface area contributed by atoms with Gasteiger partial charge in [0.2, 0.25) is 12.9 Å². The van der Waals surface area contributed by atoms with Gasteiger partial charge in [0.05, 0.1) is 17.1 Å². The van der Waals surface area contributed by atoms with E-state index in [-0.39, 0.29) is 30.1 Å². The second-order valence-corrected chi connectivity index (χ2v) is 13.0. The molecule has 1 aromatic heterocycles. The van der Waals surface area contributed by atoms with Crippen molar-refractivity contribution in [2.75, 3.05) is 6.79 Å². The Hall–Kier alpha value is -4.90. The largest absolute Gasteiger partial charge is 0.475 e. The number of aryl methyl sites for hydroxylation is 2. The zero-order chi connectivity index (χ0) is 32.8. The van der Waals surface area contributed by atoms with Gasteiger partial charge in [-0.1, -0.05) is 51.5 Å². The van der Waals surface area contributed by atoms with Gasteiger partial charge in [-0.3, -0.25) is 14.6 Å². The number of hydrogen-bond acceptors (Lipinski definition) is 8. The van der Waals surface area contributed by atoms with Gasteiger partial charge in [-0.05, 0) is 85.0 Å². The molecule has 0 fully saturated rings. The highest BCUT2D eigenvalue weighted by Gasteiger charge is 2.30. The number of aromatic nitrogens is 1. The minimum absolute atomic E-state index is 0.0291. The van der Waals surface area contributed by atoms with E-state index in [4.69, 9.17) is 14.2 Å². The molecule has 0 bridgehead atoms. The lowest BCUT2D eigenvalue weighted by atomic mass is 10.0. The fourth-order valence-corrected chi connectivity index (χ4v) is 6.01. The van der Waals surface area contributed by atoms with E-state index in [1.165, 1.54) is 12.1 Å². The fourth-order valence-electron chi connectivity index (χ4n) is 5.02. The van der Waals surface area contributed by atoms with Gasteiger partial charge in [-0.25, -0.2) is 13.1 Å². The number of ether oxygens (including phenoxy) is 3. The van der Waals surface area contributed by atoms with E-state index in [0.717, 1.165) is 23.4 Å². The summed E-state index contributed by atoms with van der Waals surface area (Å²) in [5.41, 5.74) is 4.04.